The molecule has 0 unspecified atom stereocenters. The molecule has 1 amide bonds. The summed E-state index contributed by atoms with van der Waals surface area (Å²) in [5.74, 6) is 0.181. The molecule has 20 heavy (non-hydrogen) atoms. The van der Waals surface area contributed by atoms with Crippen LogP contribution in [0.3, 0.4) is 0 Å². The van der Waals surface area contributed by atoms with Crippen LogP contribution in [0.15, 0.2) is 30.3 Å². The average molecular weight is 308 g/mol. The Balaban J connectivity index is 2.32. The third-order valence-corrected chi connectivity index (χ3v) is 6.30. The molecule has 1 aromatic rings. The van der Waals surface area contributed by atoms with Crippen LogP contribution < -0.4 is 0 Å². The molecule has 0 saturated carbocycles. The Hall–Kier alpha value is -0.916. The van der Waals surface area contributed by atoms with E-state index in [0.29, 0.717) is 0 Å². The number of amides is 1. The highest BCUT2D eigenvalue weighted by Gasteiger charge is 2.54. The van der Waals surface area contributed by atoms with Crippen LogP contribution >= 0.6 is 0 Å². The van der Waals surface area contributed by atoms with Crippen LogP contribution in [0.2, 0.25) is 39.3 Å². The maximum Gasteiger partial charge on any atom is 0.245 e. The fourth-order valence-corrected chi connectivity index (χ4v) is 5.58. The highest BCUT2D eigenvalue weighted by atomic mass is 28.4. The smallest absolute Gasteiger partial charge is 0.245 e. The molecule has 0 aromatic heterocycles. The Kier molecular flexibility index (Phi) is 3.97. The Morgan fingerprint density at radius 3 is 2.00 bits per heavy atom. The van der Waals surface area contributed by atoms with Crippen molar-refractivity contribution < 1.29 is 9.22 Å². The highest BCUT2D eigenvalue weighted by molar-refractivity contribution is 6.76. The van der Waals surface area contributed by atoms with E-state index in [1.165, 1.54) is 5.56 Å². The van der Waals surface area contributed by atoms with Crippen molar-refractivity contribution in [3.05, 3.63) is 35.9 Å². The first-order valence-electron chi connectivity index (χ1n) is 7.17. The molecular formula is C15H25NO2Si2. The molecule has 0 bridgehead atoms. The van der Waals surface area contributed by atoms with Gasteiger partial charge in [-0.3, -0.25) is 4.79 Å². The highest BCUT2D eigenvalue weighted by Crippen LogP contribution is 2.41. The van der Waals surface area contributed by atoms with Gasteiger partial charge in [0, 0.05) is 0 Å². The second-order valence-electron chi connectivity index (χ2n) is 7.39. The van der Waals surface area contributed by atoms with Crippen molar-refractivity contribution in [1.82, 2.24) is 4.57 Å². The second-order valence-corrected chi connectivity index (χ2v) is 16.7. The number of hydrogen-bond acceptors (Lipinski definition) is 2. The Morgan fingerprint density at radius 1 is 1.00 bits per heavy atom. The van der Waals surface area contributed by atoms with E-state index < -0.39 is 16.6 Å². The fourth-order valence-electron chi connectivity index (χ4n) is 2.68. The lowest BCUT2D eigenvalue weighted by atomic mass is 9.94. The molecule has 110 valence electrons. The van der Waals surface area contributed by atoms with Crippen LogP contribution in [0.1, 0.15) is 11.6 Å². The zero-order valence-electron chi connectivity index (χ0n) is 13.3. The summed E-state index contributed by atoms with van der Waals surface area (Å²) >= 11 is 0. The molecule has 1 heterocycles. The van der Waals surface area contributed by atoms with Crippen molar-refractivity contribution in [2.45, 2.75) is 51.4 Å². The minimum absolute atomic E-state index is 0.0992. The number of carbonyl (C=O) groups is 1. The standard InChI is InChI=1S/C15H25NO2Si2/c1-19(2,3)16-13(12-10-8-7-9-11-12)14(15(16)17)18-20(4,5)6/h7-11,13-14H,1-6H3/t13-,14+/m0/s1. The van der Waals surface area contributed by atoms with E-state index in [0.717, 1.165) is 0 Å². The summed E-state index contributed by atoms with van der Waals surface area (Å²) in [6.45, 7) is 13.1. The zero-order valence-corrected chi connectivity index (χ0v) is 15.3. The van der Waals surface area contributed by atoms with Gasteiger partial charge in [0.15, 0.2) is 16.6 Å². The minimum atomic E-state index is -1.73. The van der Waals surface area contributed by atoms with E-state index in [1.807, 2.05) is 18.2 Å². The number of β-lactam (4-membered cyclic amide) rings is 1. The molecule has 2 rings (SSSR count). The van der Waals surface area contributed by atoms with Crippen molar-refractivity contribution in [2.75, 3.05) is 0 Å². The summed E-state index contributed by atoms with van der Waals surface area (Å²) in [6.07, 6.45) is -0.282. The van der Waals surface area contributed by atoms with Gasteiger partial charge in [-0.15, -0.1) is 0 Å². The largest absolute Gasteiger partial charge is 0.404 e. The van der Waals surface area contributed by atoms with Gasteiger partial charge in [-0.05, 0) is 25.2 Å². The summed E-state index contributed by atoms with van der Waals surface area (Å²) in [7, 11) is -3.41. The van der Waals surface area contributed by atoms with Gasteiger partial charge in [-0.25, -0.2) is 0 Å². The Bertz CT molecular complexity index is 491. The summed E-state index contributed by atoms with van der Waals surface area (Å²) < 4.78 is 8.24. The normalized spacial score (nSPS) is 23.7. The maximum absolute atomic E-state index is 12.5. The van der Waals surface area contributed by atoms with Gasteiger partial charge in [0.25, 0.3) is 0 Å². The molecule has 0 aliphatic carbocycles. The average Bonchev–Trinajstić information content (AvgIpc) is 2.31. The third kappa shape index (κ3) is 3.05. The van der Waals surface area contributed by atoms with Crippen LogP contribution in [0, 0.1) is 0 Å². The molecule has 1 aliphatic heterocycles. The first-order chi connectivity index (χ1) is 9.11. The molecule has 1 fully saturated rings. The minimum Gasteiger partial charge on any atom is -0.404 e. The van der Waals surface area contributed by atoms with Crippen molar-refractivity contribution in [1.29, 1.82) is 0 Å². The number of benzene rings is 1. The molecule has 2 atom stereocenters. The van der Waals surface area contributed by atoms with Crippen LogP contribution in [-0.4, -0.2) is 33.1 Å². The zero-order chi connectivity index (χ0) is 15.1. The molecule has 0 radical (unpaired) electrons. The molecule has 5 heteroatoms. The van der Waals surface area contributed by atoms with E-state index in [4.69, 9.17) is 4.43 Å². The molecule has 1 saturated heterocycles. The van der Waals surface area contributed by atoms with Crippen molar-refractivity contribution in [3.8, 4) is 0 Å². The van der Waals surface area contributed by atoms with E-state index in [1.54, 1.807) is 0 Å². The lowest BCUT2D eigenvalue weighted by molar-refractivity contribution is -0.155. The molecule has 1 aromatic carbocycles. The number of rotatable bonds is 4. The van der Waals surface area contributed by atoms with Crippen LogP contribution in [0.5, 0.6) is 0 Å². The van der Waals surface area contributed by atoms with Gasteiger partial charge in [-0.2, -0.15) is 0 Å². The lowest BCUT2D eigenvalue weighted by Crippen LogP contribution is -2.69. The molecular weight excluding hydrogens is 282 g/mol. The van der Waals surface area contributed by atoms with Crippen LogP contribution in [0.4, 0.5) is 0 Å². The van der Waals surface area contributed by atoms with Crippen molar-refractivity contribution in [3.63, 3.8) is 0 Å². The molecule has 3 nitrogen and oxygen atoms in total. The van der Waals surface area contributed by atoms with Gasteiger partial charge >= 0.3 is 0 Å². The Labute approximate surface area is 124 Å². The summed E-state index contributed by atoms with van der Waals surface area (Å²) in [5, 5.41) is 0. The van der Waals surface area contributed by atoms with Gasteiger partial charge in [0.2, 0.25) is 5.91 Å². The van der Waals surface area contributed by atoms with Crippen molar-refractivity contribution in [2.24, 2.45) is 0 Å². The topological polar surface area (TPSA) is 29.5 Å². The quantitative estimate of drug-likeness (QED) is 0.628. The van der Waals surface area contributed by atoms with Crippen LogP contribution in [0.25, 0.3) is 0 Å². The van der Waals surface area contributed by atoms with Gasteiger partial charge in [0.1, 0.15) is 6.10 Å². The molecule has 0 N–H and O–H groups in total. The van der Waals surface area contributed by atoms with E-state index in [2.05, 4.69) is 56.0 Å². The molecule has 0 spiro atoms. The predicted octanol–water partition coefficient (Wildman–Crippen LogP) is 3.62. The SMILES string of the molecule is C[Si](C)(C)O[C@H]1C(=O)N([Si](C)(C)C)[C@H]1c1ccccc1. The fraction of sp³-hybridized carbons (Fsp3) is 0.533. The van der Waals surface area contributed by atoms with Crippen molar-refractivity contribution >= 4 is 22.5 Å². The molecule has 1 aliphatic rings. The number of carbonyl (C=O) groups excluding carboxylic acids is 1. The predicted molar refractivity (Wildman–Crippen MR) is 87.6 cm³/mol. The Morgan fingerprint density at radius 2 is 1.55 bits per heavy atom. The summed E-state index contributed by atoms with van der Waals surface area (Å²) in [5.41, 5.74) is 1.19. The second kappa shape index (κ2) is 5.13. The maximum atomic E-state index is 12.5. The van der Waals surface area contributed by atoms with E-state index >= 15 is 0 Å². The summed E-state index contributed by atoms with van der Waals surface area (Å²) in [6, 6.07) is 10.4. The number of hydrogen-bond donors (Lipinski definition) is 0. The third-order valence-electron chi connectivity index (χ3n) is 3.39. The van der Waals surface area contributed by atoms with E-state index in [-0.39, 0.29) is 18.1 Å². The van der Waals surface area contributed by atoms with Gasteiger partial charge < -0.3 is 8.99 Å². The first-order valence-corrected chi connectivity index (χ1v) is 14.0. The summed E-state index contributed by atoms with van der Waals surface area (Å²) in [4.78, 5) is 12.5. The monoisotopic (exact) mass is 307 g/mol. The number of nitrogens with zero attached hydrogens (tertiary/aromatic N) is 1. The van der Waals surface area contributed by atoms with Gasteiger partial charge in [0.05, 0.1) is 6.04 Å². The lowest BCUT2D eigenvalue weighted by Gasteiger charge is -2.54. The first kappa shape index (κ1) is 15.5. The van der Waals surface area contributed by atoms with Gasteiger partial charge in [-0.1, -0.05) is 50.0 Å². The van der Waals surface area contributed by atoms with Crippen LogP contribution in [-0.2, 0) is 9.22 Å². The van der Waals surface area contributed by atoms with E-state index in [9.17, 15) is 4.79 Å².